The molecule has 1 aromatic carbocycles. The molecule has 0 aliphatic carbocycles. The molecule has 0 amide bonds. The van der Waals surface area contributed by atoms with Gasteiger partial charge in [0.2, 0.25) is 10.0 Å². The summed E-state index contributed by atoms with van der Waals surface area (Å²) in [5.41, 5.74) is 0.577. The Kier molecular flexibility index (Phi) is 3.94. The van der Waals surface area contributed by atoms with Gasteiger partial charge in [-0.2, -0.15) is 0 Å². The van der Waals surface area contributed by atoms with Gasteiger partial charge in [0.15, 0.2) is 0 Å². The lowest BCUT2D eigenvalue weighted by atomic mass is 9.88. The van der Waals surface area contributed by atoms with Crippen LogP contribution < -0.4 is 9.62 Å². The Labute approximate surface area is 126 Å². The smallest absolute Gasteiger partial charge is 0.232 e. The van der Waals surface area contributed by atoms with Gasteiger partial charge < -0.3 is 10.1 Å². The van der Waals surface area contributed by atoms with Crippen LogP contribution in [0.15, 0.2) is 30.3 Å². The Hall–Kier alpha value is -1.11. The lowest BCUT2D eigenvalue weighted by Crippen LogP contribution is -2.44. The van der Waals surface area contributed by atoms with Gasteiger partial charge in [0.05, 0.1) is 30.2 Å². The van der Waals surface area contributed by atoms with Gasteiger partial charge in [0.1, 0.15) is 0 Å². The number of piperidine rings is 1. The number of anilines is 1. The lowest BCUT2D eigenvalue weighted by molar-refractivity contribution is -0.0192. The standard InChI is InChI=1S/C15H22N2O3S/c1-21(18,19)17(13-5-3-2-4-6-13)14-11-15(20-12-14)7-9-16-10-8-15/h2-6,14,16H,7-12H2,1H3/t14-/m0/s1. The van der Waals surface area contributed by atoms with Crippen molar-refractivity contribution in [3.05, 3.63) is 30.3 Å². The van der Waals surface area contributed by atoms with Crippen molar-refractivity contribution in [2.45, 2.75) is 30.9 Å². The molecule has 2 aliphatic rings. The highest BCUT2D eigenvalue weighted by atomic mass is 32.2. The Morgan fingerprint density at radius 3 is 2.52 bits per heavy atom. The van der Waals surface area contributed by atoms with Crippen molar-refractivity contribution < 1.29 is 13.2 Å². The van der Waals surface area contributed by atoms with Crippen LogP contribution in [0.1, 0.15) is 19.3 Å². The van der Waals surface area contributed by atoms with Crippen molar-refractivity contribution in [3.63, 3.8) is 0 Å². The van der Waals surface area contributed by atoms with Gasteiger partial charge in [0.25, 0.3) is 0 Å². The minimum absolute atomic E-state index is 0.111. The number of sulfonamides is 1. The highest BCUT2D eigenvalue weighted by Crippen LogP contribution is 2.38. The zero-order valence-corrected chi connectivity index (χ0v) is 13.1. The third-order valence-corrected chi connectivity index (χ3v) is 5.63. The minimum Gasteiger partial charge on any atom is -0.373 e. The summed E-state index contributed by atoms with van der Waals surface area (Å²) in [6.07, 6.45) is 3.95. The highest BCUT2D eigenvalue weighted by molar-refractivity contribution is 7.92. The van der Waals surface area contributed by atoms with Crippen molar-refractivity contribution in [1.82, 2.24) is 5.32 Å². The molecule has 0 saturated carbocycles. The molecule has 2 fully saturated rings. The van der Waals surface area contributed by atoms with Gasteiger partial charge in [-0.1, -0.05) is 18.2 Å². The molecule has 6 heteroatoms. The zero-order chi connectivity index (χ0) is 14.9. The lowest BCUT2D eigenvalue weighted by Gasteiger charge is -2.34. The first-order chi connectivity index (χ1) is 10.0. The Morgan fingerprint density at radius 2 is 1.90 bits per heavy atom. The van der Waals surface area contributed by atoms with Crippen LogP contribution in [0.5, 0.6) is 0 Å². The van der Waals surface area contributed by atoms with E-state index in [1.165, 1.54) is 10.6 Å². The topological polar surface area (TPSA) is 58.6 Å². The summed E-state index contributed by atoms with van der Waals surface area (Å²) in [5.74, 6) is 0. The molecular formula is C15H22N2O3S. The van der Waals surface area contributed by atoms with E-state index in [1.54, 1.807) is 0 Å². The molecule has 1 atom stereocenters. The minimum atomic E-state index is -3.32. The molecule has 2 saturated heterocycles. The summed E-state index contributed by atoms with van der Waals surface area (Å²) < 4.78 is 32.1. The molecular weight excluding hydrogens is 288 g/mol. The third kappa shape index (κ3) is 3.07. The number of benzene rings is 1. The number of rotatable bonds is 3. The summed E-state index contributed by atoms with van der Waals surface area (Å²) in [7, 11) is -3.32. The van der Waals surface area contributed by atoms with Gasteiger partial charge in [-0.25, -0.2) is 8.42 Å². The van der Waals surface area contributed by atoms with E-state index < -0.39 is 10.0 Å². The van der Waals surface area contributed by atoms with Crippen molar-refractivity contribution >= 4 is 15.7 Å². The maximum Gasteiger partial charge on any atom is 0.232 e. The molecule has 1 N–H and O–H groups in total. The molecule has 0 radical (unpaired) electrons. The van der Waals surface area contributed by atoms with E-state index in [4.69, 9.17) is 4.74 Å². The van der Waals surface area contributed by atoms with E-state index in [-0.39, 0.29) is 11.6 Å². The normalized spacial score (nSPS) is 25.1. The quantitative estimate of drug-likeness (QED) is 0.916. The predicted octanol–water partition coefficient (Wildman–Crippen LogP) is 1.36. The van der Waals surface area contributed by atoms with Crippen LogP contribution in [-0.4, -0.2) is 46.0 Å². The number of hydrogen-bond donors (Lipinski definition) is 1. The molecule has 3 rings (SSSR count). The first kappa shape index (κ1) is 14.8. The predicted molar refractivity (Wildman–Crippen MR) is 83.0 cm³/mol. The maximum atomic E-state index is 12.2. The number of hydrogen-bond acceptors (Lipinski definition) is 4. The second kappa shape index (κ2) is 5.59. The second-order valence-electron chi connectivity index (χ2n) is 6.00. The largest absolute Gasteiger partial charge is 0.373 e. The molecule has 116 valence electrons. The number of nitrogens with zero attached hydrogens (tertiary/aromatic N) is 1. The SMILES string of the molecule is CS(=O)(=O)N(c1ccccc1)[C@@H]1COC2(CCNCC2)C1. The molecule has 5 nitrogen and oxygen atoms in total. The third-order valence-electron chi connectivity index (χ3n) is 4.40. The first-order valence-electron chi connectivity index (χ1n) is 7.39. The Balaban J connectivity index is 1.86. The van der Waals surface area contributed by atoms with Crippen molar-refractivity contribution in [1.29, 1.82) is 0 Å². The number of nitrogens with one attached hydrogen (secondary N) is 1. The van der Waals surface area contributed by atoms with Crippen LogP contribution in [0.25, 0.3) is 0 Å². The second-order valence-corrected chi connectivity index (χ2v) is 7.86. The fourth-order valence-electron chi connectivity index (χ4n) is 3.45. The highest BCUT2D eigenvalue weighted by Gasteiger charge is 2.45. The van der Waals surface area contributed by atoms with Crippen molar-refractivity contribution in [2.75, 3.05) is 30.3 Å². The van der Waals surface area contributed by atoms with E-state index in [2.05, 4.69) is 5.32 Å². The summed E-state index contributed by atoms with van der Waals surface area (Å²) in [4.78, 5) is 0. The van der Waals surface area contributed by atoms with Gasteiger partial charge in [-0.05, 0) is 38.1 Å². The fraction of sp³-hybridized carbons (Fsp3) is 0.600. The first-order valence-corrected chi connectivity index (χ1v) is 9.24. The number of ether oxygens (including phenoxy) is 1. The van der Waals surface area contributed by atoms with Crippen LogP contribution >= 0.6 is 0 Å². The van der Waals surface area contributed by atoms with E-state index >= 15 is 0 Å². The molecule has 1 aromatic rings. The van der Waals surface area contributed by atoms with Crippen LogP contribution in [0.2, 0.25) is 0 Å². The fourth-order valence-corrected chi connectivity index (χ4v) is 4.63. The molecule has 2 heterocycles. The summed E-state index contributed by atoms with van der Waals surface area (Å²) in [6.45, 7) is 2.36. The summed E-state index contributed by atoms with van der Waals surface area (Å²) in [6, 6.07) is 9.19. The molecule has 21 heavy (non-hydrogen) atoms. The van der Waals surface area contributed by atoms with Crippen LogP contribution in [-0.2, 0) is 14.8 Å². The van der Waals surface area contributed by atoms with Gasteiger partial charge in [-0.15, -0.1) is 0 Å². The van der Waals surface area contributed by atoms with E-state index in [0.29, 0.717) is 6.61 Å². The van der Waals surface area contributed by atoms with E-state index in [0.717, 1.165) is 38.0 Å². The van der Waals surface area contributed by atoms with Gasteiger partial charge >= 0.3 is 0 Å². The Morgan fingerprint density at radius 1 is 1.24 bits per heavy atom. The van der Waals surface area contributed by atoms with Crippen molar-refractivity contribution in [3.8, 4) is 0 Å². The average Bonchev–Trinajstić information content (AvgIpc) is 2.82. The van der Waals surface area contributed by atoms with Crippen LogP contribution in [0, 0.1) is 0 Å². The zero-order valence-electron chi connectivity index (χ0n) is 12.3. The van der Waals surface area contributed by atoms with E-state index in [1.807, 2.05) is 30.3 Å². The molecule has 0 bridgehead atoms. The maximum absolute atomic E-state index is 12.2. The molecule has 0 aromatic heterocycles. The van der Waals surface area contributed by atoms with Gasteiger partial charge in [0, 0.05) is 6.42 Å². The molecule has 1 spiro atoms. The summed E-state index contributed by atoms with van der Waals surface area (Å²) >= 11 is 0. The number of para-hydroxylation sites is 1. The van der Waals surface area contributed by atoms with Crippen molar-refractivity contribution in [2.24, 2.45) is 0 Å². The van der Waals surface area contributed by atoms with Crippen LogP contribution in [0.3, 0.4) is 0 Å². The molecule has 2 aliphatic heterocycles. The molecule has 0 unspecified atom stereocenters. The summed E-state index contributed by atoms with van der Waals surface area (Å²) in [5, 5.41) is 3.33. The van der Waals surface area contributed by atoms with Gasteiger partial charge in [-0.3, -0.25) is 4.31 Å². The van der Waals surface area contributed by atoms with Crippen LogP contribution in [0.4, 0.5) is 5.69 Å². The Bertz CT molecular complexity index is 582. The average molecular weight is 310 g/mol. The monoisotopic (exact) mass is 310 g/mol. The van der Waals surface area contributed by atoms with E-state index in [9.17, 15) is 8.42 Å².